The standard InChI is InChI=1S/C18H15ClF5N3O2S/c1-2-30(29)13-4-5-14(19)26-16(13)11-7-10-3-6-15(28)27(12(10)8-25-11)9-17(20,21)18(22,23)24/h4-5,7-8H,2-3,6,9H2,1H3. The van der Waals surface area contributed by atoms with Crippen LogP contribution < -0.4 is 4.90 Å². The van der Waals surface area contributed by atoms with Crippen molar-refractivity contribution in [3.8, 4) is 11.4 Å². The van der Waals surface area contributed by atoms with E-state index >= 15 is 0 Å². The van der Waals surface area contributed by atoms with E-state index in [4.69, 9.17) is 11.6 Å². The Balaban J connectivity index is 2.04. The Morgan fingerprint density at radius 2 is 1.90 bits per heavy atom. The van der Waals surface area contributed by atoms with Gasteiger partial charge >= 0.3 is 12.1 Å². The average molecular weight is 468 g/mol. The summed E-state index contributed by atoms with van der Waals surface area (Å²) in [5.41, 5.74) is 0.672. The molecule has 1 unspecified atom stereocenters. The largest absolute Gasteiger partial charge is 0.455 e. The van der Waals surface area contributed by atoms with Gasteiger partial charge in [-0.05, 0) is 30.2 Å². The zero-order valence-electron chi connectivity index (χ0n) is 15.5. The second kappa shape index (κ2) is 8.18. The molecule has 12 heteroatoms. The molecule has 30 heavy (non-hydrogen) atoms. The minimum atomic E-state index is -5.79. The molecule has 0 saturated carbocycles. The second-order valence-electron chi connectivity index (χ2n) is 6.50. The Kier molecular flexibility index (Phi) is 6.15. The Labute approximate surface area is 175 Å². The number of alkyl halides is 5. The van der Waals surface area contributed by atoms with Crippen molar-refractivity contribution in [2.45, 2.75) is 36.8 Å². The molecule has 1 aliphatic rings. The third kappa shape index (κ3) is 4.31. The lowest BCUT2D eigenvalue weighted by Crippen LogP contribution is -2.50. The van der Waals surface area contributed by atoms with E-state index in [0.717, 1.165) is 6.20 Å². The fraction of sp³-hybridized carbons (Fsp3) is 0.389. The predicted molar refractivity (Wildman–Crippen MR) is 101 cm³/mol. The summed E-state index contributed by atoms with van der Waals surface area (Å²) in [7, 11) is -1.40. The van der Waals surface area contributed by atoms with Crippen LogP contribution in [0.1, 0.15) is 18.9 Å². The highest BCUT2D eigenvalue weighted by Gasteiger charge is 2.59. The summed E-state index contributed by atoms with van der Waals surface area (Å²) >= 11 is 5.94. The molecule has 2 aromatic rings. The predicted octanol–water partition coefficient (Wildman–Crippen LogP) is 4.40. The molecular weight excluding hydrogens is 453 g/mol. The molecule has 0 bridgehead atoms. The van der Waals surface area contributed by atoms with Crippen LogP contribution in [0.5, 0.6) is 0 Å². The number of carbonyl (C=O) groups is 1. The first-order valence-corrected chi connectivity index (χ1v) is 10.4. The molecule has 5 nitrogen and oxygen atoms in total. The number of rotatable bonds is 5. The fourth-order valence-corrected chi connectivity index (χ4v) is 4.02. The third-order valence-electron chi connectivity index (χ3n) is 4.51. The molecule has 0 aromatic carbocycles. The molecule has 1 atom stereocenters. The van der Waals surface area contributed by atoms with Crippen molar-refractivity contribution in [3.63, 3.8) is 0 Å². The molecular formula is C18H15ClF5N3O2S. The maximum absolute atomic E-state index is 13.6. The highest BCUT2D eigenvalue weighted by Crippen LogP contribution is 2.39. The number of pyridine rings is 2. The molecule has 1 aliphatic heterocycles. The van der Waals surface area contributed by atoms with Crippen molar-refractivity contribution in [1.82, 2.24) is 9.97 Å². The Bertz CT molecular complexity index is 1020. The molecule has 0 N–H and O–H groups in total. The molecule has 162 valence electrons. The minimum Gasteiger partial charge on any atom is -0.304 e. The number of carbonyl (C=O) groups excluding carboxylic acids is 1. The van der Waals surface area contributed by atoms with Crippen LogP contribution in [0.3, 0.4) is 0 Å². The summed E-state index contributed by atoms with van der Waals surface area (Å²) < 4.78 is 77.3. The van der Waals surface area contributed by atoms with E-state index in [1.807, 2.05) is 0 Å². The van der Waals surface area contributed by atoms with Crippen LogP contribution in [0.25, 0.3) is 11.4 Å². The van der Waals surface area contributed by atoms with E-state index in [-0.39, 0.29) is 35.1 Å². The van der Waals surface area contributed by atoms with Gasteiger partial charge in [0.15, 0.2) is 0 Å². The highest BCUT2D eigenvalue weighted by molar-refractivity contribution is 7.85. The van der Waals surface area contributed by atoms with Crippen molar-refractivity contribution in [3.05, 3.63) is 35.1 Å². The molecule has 0 spiro atoms. The first-order valence-electron chi connectivity index (χ1n) is 8.73. The van der Waals surface area contributed by atoms with Crippen LogP contribution in [0.2, 0.25) is 5.15 Å². The van der Waals surface area contributed by atoms with Gasteiger partial charge in [0.05, 0.1) is 39.8 Å². The van der Waals surface area contributed by atoms with Gasteiger partial charge in [-0.15, -0.1) is 0 Å². The van der Waals surface area contributed by atoms with Crippen molar-refractivity contribution in [2.24, 2.45) is 0 Å². The van der Waals surface area contributed by atoms with Gasteiger partial charge in [-0.25, -0.2) is 4.98 Å². The summed E-state index contributed by atoms with van der Waals surface area (Å²) in [6, 6.07) is 4.44. The Morgan fingerprint density at radius 3 is 2.53 bits per heavy atom. The number of hydrogen-bond acceptors (Lipinski definition) is 4. The van der Waals surface area contributed by atoms with E-state index in [0.29, 0.717) is 21.1 Å². The number of amides is 1. The quantitative estimate of drug-likeness (QED) is 0.483. The normalized spacial score (nSPS) is 15.8. The summed E-state index contributed by atoms with van der Waals surface area (Å²) in [5.74, 6) is -5.62. The summed E-state index contributed by atoms with van der Waals surface area (Å²) in [6.45, 7) is -0.122. The maximum Gasteiger partial charge on any atom is 0.455 e. The highest BCUT2D eigenvalue weighted by atomic mass is 35.5. The number of halogens is 6. The van der Waals surface area contributed by atoms with Crippen LogP contribution in [0, 0.1) is 0 Å². The number of nitrogens with zero attached hydrogens (tertiary/aromatic N) is 3. The van der Waals surface area contributed by atoms with Gasteiger partial charge in [0.25, 0.3) is 0 Å². The Hall–Kier alpha value is -2.14. The number of hydrogen-bond donors (Lipinski definition) is 0. The van der Waals surface area contributed by atoms with Crippen LogP contribution in [-0.2, 0) is 22.0 Å². The first-order chi connectivity index (χ1) is 13.9. The molecule has 0 aliphatic carbocycles. The van der Waals surface area contributed by atoms with E-state index < -0.39 is 35.4 Å². The lowest BCUT2D eigenvalue weighted by atomic mass is 10.0. The number of aromatic nitrogens is 2. The van der Waals surface area contributed by atoms with E-state index in [1.165, 1.54) is 18.2 Å². The smallest absolute Gasteiger partial charge is 0.304 e. The fourth-order valence-electron chi connectivity index (χ4n) is 2.98. The molecule has 3 heterocycles. The molecule has 3 rings (SSSR count). The van der Waals surface area contributed by atoms with Gasteiger partial charge in [0, 0.05) is 12.2 Å². The van der Waals surface area contributed by atoms with Crippen molar-refractivity contribution >= 4 is 34.0 Å². The van der Waals surface area contributed by atoms with Crippen molar-refractivity contribution in [2.75, 3.05) is 17.2 Å². The van der Waals surface area contributed by atoms with Gasteiger partial charge < -0.3 is 4.90 Å². The second-order valence-corrected chi connectivity index (χ2v) is 8.59. The molecule has 1 amide bonds. The van der Waals surface area contributed by atoms with Crippen LogP contribution >= 0.6 is 11.6 Å². The molecule has 0 saturated heterocycles. The molecule has 2 aromatic heterocycles. The zero-order chi connectivity index (χ0) is 22.3. The summed E-state index contributed by atoms with van der Waals surface area (Å²) in [5, 5.41) is 0.114. The van der Waals surface area contributed by atoms with E-state index in [9.17, 15) is 31.0 Å². The topological polar surface area (TPSA) is 63.2 Å². The SMILES string of the molecule is CCS(=O)c1ccc(Cl)nc1-c1cc2c(cn1)N(CC(F)(F)C(F)(F)F)C(=O)CC2. The van der Waals surface area contributed by atoms with Crippen molar-refractivity contribution < 1.29 is 31.0 Å². The first kappa shape index (κ1) is 22.5. The van der Waals surface area contributed by atoms with Crippen LogP contribution in [-0.4, -0.2) is 44.5 Å². The average Bonchev–Trinajstić information content (AvgIpc) is 2.68. The van der Waals surface area contributed by atoms with Gasteiger partial charge in [-0.2, -0.15) is 22.0 Å². The van der Waals surface area contributed by atoms with Crippen molar-refractivity contribution in [1.29, 1.82) is 0 Å². The third-order valence-corrected chi connectivity index (χ3v) is 6.07. The van der Waals surface area contributed by atoms with Crippen LogP contribution in [0.15, 0.2) is 29.3 Å². The number of anilines is 1. The number of fused-ring (bicyclic) bond motifs is 1. The van der Waals surface area contributed by atoms with Gasteiger partial charge in [-0.1, -0.05) is 18.5 Å². The van der Waals surface area contributed by atoms with Gasteiger partial charge in [-0.3, -0.25) is 14.0 Å². The summed E-state index contributed by atoms with van der Waals surface area (Å²) in [6.07, 6.45) is -4.84. The summed E-state index contributed by atoms with van der Waals surface area (Å²) in [4.78, 5) is 21.1. The van der Waals surface area contributed by atoms with Crippen LogP contribution in [0.4, 0.5) is 27.6 Å². The van der Waals surface area contributed by atoms with E-state index in [1.54, 1.807) is 6.92 Å². The monoisotopic (exact) mass is 467 g/mol. The Morgan fingerprint density at radius 1 is 1.20 bits per heavy atom. The van der Waals surface area contributed by atoms with E-state index in [2.05, 4.69) is 9.97 Å². The maximum atomic E-state index is 13.6. The zero-order valence-corrected chi connectivity index (χ0v) is 17.0. The lowest BCUT2D eigenvalue weighted by Gasteiger charge is -2.32. The minimum absolute atomic E-state index is 0.114. The molecule has 0 radical (unpaired) electrons. The number of aryl methyl sites for hydroxylation is 1. The van der Waals surface area contributed by atoms with Gasteiger partial charge in [0.2, 0.25) is 5.91 Å². The molecule has 0 fully saturated rings. The lowest BCUT2D eigenvalue weighted by molar-refractivity contribution is -0.276. The van der Waals surface area contributed by atoms with Gasteiger partial charge in [0.1, 0.15) is 10.8 Å².